The van der Waals surface area contributed by atoms with Gasteiger partial charge in [-0.05, 0) is 41.5 Å². The second-order valence-electron chi connectivity index (χ2n) is 4.66. The molecule has 0 bridgehead atoms. The lowest BCUT2D eigenvalue weighted by Gasteiger charge is -2.15. The Morgan fingerprint density at radius 2 is 0.957 bits per heavy atom. The number of thioether (sulfide) groups is 8. The van der Waals surface area contributed by atoms with Gasteiger partial charge in [0.05, 0.1) is 25.4 Å². The summed E-state index contributed by atoms with van der Waals surface area (Å²) in [6.45, 7) is 1.34. The molecule has 0 N–H and O–H groups in total. The molecule has 23 heavy (non-hydrogen) atoms. The van der Waals surface area contributed by atoms with E-state index in [4.69, 9.17) is 9.47 Å². The van der Waals surface area contributed by atoms with Crippen molar-refractivity contribution in [2.45, 2.75) is 6.42 Å². The van der Waals surface area contributed by atoms with Crippen LogP contribution in [0.4, 0.5) is 0 Å². The zero-order chi connectivity index (χ0) is 15.2. The summed E-state index contributed by atoms with van der Waals surface area (Å²) in [6.07, 6.45) is 1.34. The molecule has 0 amide bonds. The fourth-order valence-electron chi connectivity index (χ4n) is 2.10. The maximum Gasteiger partial charge on any atom is 0.208 e. The van der Waals surface area contributed by atoms with Gasteiger partial charge in [0.1, 0.15) is 13.2 Å². The third-order valence-electron chi connectivity index (χ3n) is 3.08. The van der Waals surface area contributed by atoms with Crippen LogP contribution in [-0.2, 0) is 9.47 Å². The van der Waals surface area contributed by atoms with Gasteiger partial charge in [-0.2, -0.15) is 0 Å². The molecule has 0 aliphatic carbocycles. The lowest BCUT2D eigenvalue weighted by atomic mass is 10.6. The standard InChI is InChI=1S/C13H10O2S8/c1-4-16-8(17-5-1)9-20-12-13(21-9)23-11(22-12)10-18-6-7(19-10)15-3-2-14-6/h1-5H2. The summed E-state index contributed by atoms with van der Waals surface area (Å²) in [5.41, 5.74) is 0. The molecule has 2 nitrogen and oxygen atoms in total. The van der Waals surface area contributed by atoms with E-state index in [2.05, 4.69) is 0 Å². The molecule has 1 saturated heterocycles. The Morgan fingerprint density at radius 1 is 0.522 bits per heavy atom. The number of hydrogen-bond donors (Lipinski definition) is 0. The zero-order valence-electron chi connectivity index (χ0n) is 11.6. The van der Waals surface area contributed by atoms with E-state index in [9.17, 15) is 0 Å². The molecule has 0 aromatic heterocycles. The van der Waals surface area contributed by atoms with Crippen LogP contribution in [0.3, 0.4) is 0 Å². The van der Waals surface area contributed by atoms with Crippen LogP contribution in [0.5, 0.6) is 0 Å². The molecular weight excluding hydrogens is 445 g/mol. The molecular formula is C13H10O2S8. The smallest absolute Gasteiger partial charge is 0.208 e. The Hall–Kier alpha value is 1.36. The lowest BCUT2D eigenvalue weighted by molar-refractivity contribution is 0.0949. The Morgan fingerprint density at radius 3 is 1.48 bits per heavy atom. The number of hydrogen-bond acceptors (Lipinski definition) is 10. The molecule has 0 aromatic rings. The summed E-state index contributed by atoms with van der Waals surface area (Å²) < 4.78 is 20.1. The average molecular weight is 455 g/mol. The SMILES string of the molecule is C1CSC(=C2SC3=C(S2)SC(=C2SC4=C(OCCO4)S2)S3)SC1. The van der Waals surface area contributed by atoms with Crippen molar-refractivity contribution in [2.24, 2.45) is 0 Å². The lowest BCUT2D eigenvalue weighted by Crippen LogP contribution is -2.08. The highest BCUT2D eigenvalue weighted by atomic mass is 32.3. The summed E-state index contributed by atoms with van der Waals surface area (Å²) in [5, 5.41) is 1.91. The summed E-state index contributed by atoms with van der Waals surface area (Å²) >= 11 is 15.3. The first kappa shape index (κ1) is 16.5. The van der Waals surface area contributed by atoms with E-state index < -0.39 is 0 Å². The summed E-state index contributed by atoms with van der Waals surface area (Å²) in [6, 6.07) is 0. The van der Waals surface area contributed by atoms with E-state index in [0.29, 0.717) is 13.2 Å². The topological polar surface area (TPSA) is 18.5 Å². The largest absolute Gasteiger partial charge is 0.480 e. The second-order valence-corrected chi connectivity index (χ2v) is 14.5. The fourth-order valence-corrected chi connectivity index (χ4v) is 14.1. The molecule has 5 aliphatic rings. The third kappa shape index (κ3) is 3.36. The molecule has 5 aliphatic heterocycles. The van der Waals surface area contributed by atoms with Gasteiger partial charge in [0.25, 0.3) is 0 Å². The average Bonchev–Trinajstić information content (AvgIpc) is 3.27. The molecule has 0 atom stereocenters. The molecule has 122 valence electrons. The van der Waals surface area contributed by atoms with E-state index in [-0.39, 0.29) is 0 Å². The quantitative estimate of drug-likeness (QED) is 0.385. The van der Waals surface area contributed by atoms with Crippen LogP contribution in [0.1, 0.15) is 6.42 Å². The van der Waals surface area contributed by atoms with Crippen LogP contribution in [0.15, 0.2) is 35.6 Å². The Bertz CT molecular complexity index is 642. The minimum Gasteiger partial charge on any atom is -0.480 e. The summed E-state index contributed by atoms with van der Waals surface area (Å²) in [7, 11) is 0. The van der Waals surface area contributed by atoms with Gasteiger partial charge in [0, 0.05) is 0 Å². The van der Waals surface area contributed by atoms with Crippen LogP contribution in [-0.4, -0.2) is 24.7 Å². The van der Waals surface area contributed by atoms with Crippen molar-refractivity contribution in [3.63, 3.8) is 0 Å². The van der Waals surface area contributed by atoms with E-state index in [0.717, 1.165) is 10.2 Å². The van der Waals surface area contributed by atoms with Gasteiger partial charge >= 0.3 is 0 Å². The highest BCUT2D eigenvalue weighted by Gasteiger charge is 2.37. The van der Waals surface area contributed by atoms with E-state index in [1.807, 2.05) is 70.6 Å². The van der Waals surface area contributed by atoms with Crippen LogP contribution >= 0.6 is 94.1 Å². The molecule has 0 unspecified atom stereocenters. The van der Waals surface area contributed by atoms with Crippen LogP contribution < -0.4 is 0 Å². The molecule has 0 radical (unpaired) electrons. The molecule has 0 spiro atoms. The third-order valence-corrected chi connectivity index (χ3v) is 14.8. The van der Waals surface area contributed by atoms with Gasteiger partial charge in [-0.15, -0.1) is 23.5 Å². The molecule has 0 saturated carbocycles. The van der Waals surface area contributed by atoms with Crippen molar-refractivity contribution >= 4 is 94.1 Å². The van der Waals surface area contributed by atoms with Crippen molar-refractivity contribution in [2.75, 3.05) is 24.7 Å². The van der Waals surface area contributed by atoms with E-state index in [1.54, 1.807) is 27.8 Å². The van der Waals surface area contributed by atoms with E-state index in [1.165, 1.54) is 39.1 Å². The van der Waals surface area contributed by atoms with Crippen LogP contribution in [0.25, 0.3) is 0 Å². The fraction of sp³-hybridized carbons (Fsp3) is 0.385. The molecule has 10 heteroatoms. The van der Waals surface area contributed by atoms with Crippen LogP contribution in [0.2, 0.25) is 0 Å². The Labute approximate surface area is 169 Å². The maximum atomic E-state index is 5.69. The summed E-state index contributed by atoms with van der Waals surface area (Å²) in [5.74, 6) is 2.55. The second kappa shape index (κ2) is 7.17. The van der Waals surface area contributed by atoms with Crippen LogP contribution in [0, 0.1) is 0 Å². The van der Waals surface area contributed by atoms with Gasteiger partial charge in [0.2, 0.25) is 10.2 Å². The van der Waals surface area contributed by atoms with Crippen molar-refractivity contribution in [3.8, 4) is 0 Å². The predicted octanol–water partition coefficient (Wildman–Crippen LogP) is 6.85. The molecule has 0 aromatic carbocycles. The van der Waals surface area contributed by atoms with Gasteiger partial charge in [0.15, 0.2) is 0 Å². The Kier molecular flexibility index (Phi) is 5.15. The Balaban J connectivity index is 1.29. The maximum absolute atomic E-state index is 5.69. The number of ether oxygens (including phenoxy) is 2. The van der Waals surface area contributed by atoms with Gasteiger partial charge < -0.3 is 9.47 Å². The van der Waals surface area contributed by atoms with Crippen molar-refractivity contribution in [3.05, 3.63) is 35.6 Å². The highest BCUT2D eigenvalue weighted by Crippen LogP contribution is 2.71. The molecule has 5 heterocycles. The minimum absolute atomic E-state index is 0.669. The zero-order valence-corrected chi connectivity index (χ0v) is 18.1. The van der Waals surface area contributed by atoms with Crippen molar-refractivity contribution < 1.29 is 9.47 Å². The first-order chi connectivity index (χ1) is 11.4. The first-order valence-electron chi connectivity index (χ1n) is 6.92. The van der Waals surface area contributed by atoms with Gasteiger partial charge in [-0.1, -0.05) is 47.0 Å². The van der Waals surface area contributed by atoms with Crippen molar-refractivity contribution in [1.82, 2.24) is 0 Å². The highest BCUT2D eigenvalue weighted by molar-refractivity contribution is 8.49. The van der Waals surface area contributed by atoms with Gasteiger partial charge in [-0.3, -0.25) is 0 Å². The monoisotopic (exact) mass is 454 g/mol. The molecule has 1 fully saturated rings. The predicted molar refractivity (Wildman–Crippen MR) is 115 cm³/mol. The van der Waals surface area contributed by atoms with Crippen molar-refractivity contribution in [1.29, 1.82) is 0 Å². The molecule has 5 rings (SSSR count). The summed E-state index contributed by atoms with van der Waals surface area (Å²) in [4.78, 5) is 0. The van der Waals surface area contributed by atoms with E-state index >= 15 is 0 Å². The number of rotatable bonds is 0. The van der Waals surface area contributed by atoms with Gasteiger partial charge in [-0.25, -0.2) is 0 Å². The normalized spacial score (nSPS) is 27.5. The first-order valence-corrected chi connectivity index (χ1v) is 13.8. The minimum atomic E-state index is 0.669.